The van der Waals surface area contributed by atoms with Gasteiger partial charge in [0.05, 0.1) is 14.1 Å². The summed E-state index contributed by atoms with van der Waals surface area (Å²) < 4.78 is 8.52. The molecule has 0 saturated heterocycles. The van der Waals surface area contributed by atoms with E-state index in [1.807, 2.05) is 38.6 Å². The molecule has 0 saturated carbocycles. The normalized spacial score (nSPS) is 10.6. The van der Waals surface area contributed by atoms with Crippen molar-refractivity contribution in [3.63, 3.8) is 0 Å². The minimum atomic E-state index is 0.914. The number of aromatic nitrogens is 4. The number of hydrogen-bond donors (Lipinski definition) is 0. The van der Waals surface area contributed by atoms with Crippen LogP contribution in [0.3, 0.4) is 0 Å². The number of hydrogen-bond acceptors (Lipinski definition) is 0. The molecule has 0 bridgehead atoms. The van der Waals surface area contributed by atoms with E-state index in [-0.39, 0.29) is 0 Å². The molecule has 0 amide bonds. The lowest BCUT2D eigenvalue weighted by Crippen LogP contribution is -2.46. The maximum absolute atomic E-state index is 3.85. The van der Waals surface area contributed by atoms with Crippen LogP contribution < -0.4 is 9.13 Å². The summed E-state index contributed by atoms with van der Waals surface area (Å²) in [6.45, 7) is 9.53. The molecule has 0 aromatic carbocycles. The van der Waals surface area contributed by atoms with E-state index in [2.05, 4.69) is 43.8 Å². The Balaban J connectivity index is 2.16. The van der Waals surface area contributed by atoms with E-state index in [1.54, 1.807) is 0 Å². The Kier molecular flexibility index (Phi) is 3.46. The number of rotatable bonds is 5. The van der Waals surface area contributed by atoms with E-state index in [9.17, 15) is 0 Å². The summed E-state index contributed by atoms with van der Waals surface area (Å²) in [5.74, 6) is 2.23. The molecule has 0 fully saturated rings. The van der Waals surface area contributed by atoms with Crippen molar-refractivity contribution in [2.45, 2.75) is 13.1 Å². The van der Waals surface area contributed by atoms with Gasteiger partial charge in [-0.2, -0.15) is 0 Å². The third-order valence-corrected chi connectivity index (χ3v) is 3.20. The van der Waals surface area contributed by atoms with E-state index in [0.29, 0.717) is 0 Å². The van der Waals surface area contributed by atoms with Crippen molar-refractivity contribution in [3.05, 3.63) is 49.6 Å². The van der Waals surface area contributed by atoms with Crippen molar-refractivity contribution in [1.29, 1.82) is 0 Å². The predicted molar refractivity (Wildman–Crippen MR) is 71.4 cm³/mol. The Bertz CT molecular complexity index is 522. The zero-order valence-corrected chi connectivity index (χ0v) is 11.1. The van der Waals surface area contributed by atoms with E-state index >= 15 is 0 Å². The molecule has 0 atom stereocenters. The van der Waals surface area contributed by atoms with Gasteiger partial charge in [-0.25, -0.2) is 18.3 Å². The van der Waals surface area contributed by atoms with Crippen molar-refractivity contribution in [2.24, 2.45) is 14.1 Å². The van der Waals surface area contributed by atoms with Gasteiger partial charge in [-0.15, -0.1) is 0 Å². The molecular weight excluding hydrogens is 224 g/mol. The third-order valence-electron chi connectivity index (χ3n) is 3.20. The van der Waals surface area contributed by atoms with E-state index < -0.39 is 0 Å². The van der Waals surface area contributed by atoms with Gasteiger partial charge < -0.3 is 0 Å². The van der Waals surface area contributed by atoms with Crippen LogP contribution >= 0.6 is 0 Å². The van der Waals surface area contributed by atoms with Gasteiger partial charge in [0.1, 0.15) is 37.9 Å². The van der Waals surface area contributed by atoms with Gasteiger partial charge in [0.15, 0.2) is 0 Å². The molecule has 0 aliphatic carbocycles. The topological polar surface area (TPSA) is 17.6 Å². The maximum Gasteiger partial charge on any atom is 0.280 e. The van der Waals surface area contributed by atoms with E-state index in [4.69, 9.17) is 0 Å². The third kappa shape index (κ3) is 2.14. The monoisotopic (exact) mass is 244 g/mol. The molecule has 2 rings (SSSR count). The molecule has 2 heterocycles. The summed E-state index contributed by atoms with van der Waals surface area (Å²) in [7, 11) is 4.05. The fourth-order valence-corrected chi connectivity index (χ4v) is 2.19. The first kappa shape index (κ1) is 12.4. The van der Waals surface area contributed by atoms with Crippen LogP contribution in [0.4, 0.5) is 0 Å². The van der Waals surface area contributed by atoms with Crippen LogP contribution in [-0.2, 0) is 27.2 Å². The zero-order chi connectivity index (χ0) is 13.1. The fraction of sp³-hybridized carbons (Fsp3) is 0.286. The highest BCUT2D eigenvalue weighted by Gasteiger charge is 2.14. The lowest BCUT2D eigenvalue weighted by atomic mass is 10.5. The zero-order valence-electron chi connectivity index (χ0n) is 11.1. The molecule has 0 N–H and O–H groups in total. The Morgan fingerprint density at radius 2 is 1.33 bits per heavy atom. The second kappa shape index (κ2) is 5.04. The lowest BCUT2D eigenvalue weighted by molar-refractivity contribution is -0.779. The van der Waals surface area contributed by atoms with Crippen molar-refractivity contribution < 1.29 is 9.13 Å². The summed E-state index contributed by atoms with van der Waals surface area (Å²) in [4.78, 5) is 0. The molecule has 94 valence electrons. The van der Waals surface area contributed by atoms with Crippen LogP contribution in [0.2, 0.25) is 0 Å². The SMILES string of the molecule is C=Cc1n(C)cc[n+]1CC[n+]1ccn(C)c1C=C. The lowest BCUT2D eigenvalue weighted by Gasteiger charge is -1.99. The maximum atomic E-state index is 3.85. The van der Waals surface area contributed by atoms with E-state index in [1.165, 1.54) is 0 Å². The second-order valence-electron chi connectivity index (χ2n) is 4.33. The second-order valence-corrected chi connectivity index (χ2v) is 4.33. The summed E-state index contributed by atoms with van der Waals surface area (Å²) >= 11 is 0. The standard InChI is InChI=1S/C14H20N4/c1-5-13-15(3)7-9-17(13)11-12-18-10-8-16(4)14(18)6-2/h5-10H,1-2,11-12H2,3-4H3/q+2. The summed E-state index contributed by atoms with van der Waals surface area (Å²) in [5, 5.41) is 0. The Labute approximate surface area is 108 Å². The van der Waals surface area contributed by atoms with Gasteiger partial charge >= 0.3 is 0 Å². The van der Waals surface area contributed by atoms with Crippen LogP contribution in [0.25, 0.3) is 12.2 Å². The first-order chi connectivity index (χ1) is 8.67. The molecule has 0 unspecified atom stereocenters. The number of imidazole rings is 2. The highest BCUT2D eigenvalue weighted by atomic mass is 15.2. The van der Waals surface area contributed by atoms with Crippen LogP contribution in [0.5, 0.6) is 0 Å². The number of nitrogens with zero attached hydrogens (tertiary/aromatic N) is 4. The Morgan fingerprint density at radius 1 is 0.944 bits per heavy atom. The van der Waals surface area contributed by atoms with Crippen LogP contribution in [0, 0.1) is 0 Å². The van der Waals surface area contributed by atoms with Crippen molar-refractivity contribution in [2.75, 3.05) is 0 Å². The van der Waals surface area contributed by atoms with Crippen molar-refractivity contribution in [3.8, 4) is 0 Å². The smallest absolute Gasteiger partial charge is 0.233 e. The largest absolute Gasteiger partial charge is 0.280 e. The van der Waals surface area contributed by atoms with Crippen molar-refractivity contribution >= 4 is 12.2 Å². The molecule has 2 aromatic rings. The summed E-state index contributed by atoms with van der Waals surface area (Å²) in [5.41, 5.74) is 0. The highest BCUT2D eigenvalue weighted by Crippen LogP contribution is 1.96. The van der Waals surface area contributed by atoms with Crippen LogP contribution in [0.1, 0.15) is 11.6 Å². The average Bonchev–Trinajstić information content (AvgIpc) is 2.89. The van der Waals surface area contributed by atoms with Gasteiger partial charge in [0, 0.05) is 12.2 Å². The summed E-state index contributed by atoms with van der Waals surface area (Å²) in [6.07, 6.45) is 12.0. The molecular formula is C14H20N4+2. The van der Waals surface area contributed by atoms with Gasteiger partial charge in [0.2, 0.25) is 0 Å². The molecule has 4 nitrogen and oxygen atoms in total. The average molecular weight is 244 g/mol. The van der Waals surface area contributed by atoms with E-state index in [0.717, 1.165) is 24.7 Å². The molecule has 4 heteroatoms. The quantitative estimate of drug-likeness (QED) is 0.696. The van der Waals surface area contributed by atoms with Gasteiger partial charge in [-0.3, -0.25) is 0 Å². The molecule has 18 heavy (non-hydrogen) atoms. The molecule has 0 aliphatic heterocycles. The molecule has 2 aromatic heterocycles. The molecule has 0 aliphatic rings. The highest BCUT2D eigenvalue weighted by molar-refractivity contribution is 5.33. The first-order valence-electron chi connectivity index (χ1n) is 6.01. The van der Waals surface area contributed by atoms with Gasteiger partial charge in [-0.05, 0) is 0 Å². The molecule has 0 spiro atoms. The fourth-order valence-electron chi connectivity index (χ4n) is 2.19. The van der Waals surface area contributed by atoms with Crippen LogP contribution in [0.15, 0.2) is 37.9 Å². The first-order valence-corrected chi connectivity index (χ1v) is 6.01. The summed E-state index contributed by atoms with van der Waals surface area (Å²) in [6, 6.07) is 0. The minimum absolute atomic E-state index is 0.914. The predicted octanol–water partition coefficient (Wildman–Crippen LogP) is 0.925. The Morgan fingerprint density at radius 3 is 1.67 bits per heavy atom. The minimum Gasteiger partial charge on any atom is -0.233 e. The van der Waals surface area contributed by atoms with Crippen molar-refractivity contribution in [1.82, 2.24) is 9.13 Å². The number of aryl methyl sites for hydroxylation is 4. The molecule has 0 radical (unpaired) electrons. The van der Waals surface area contributed by atoms with Crippen LogP contribution in [-0.4, -0.2) is 9.13 Å². The van der Waals surface area contributed by atoms with Gasteiger partial charge in [0.25, 0.3) is 11.6 Å². The Hall–Kier alpha value is -2.10. The van der Waals surface area contributed by atoms with Gasteiger partial charge in [-0.1, -0.05) is 13.2 Å².